The first kappa shape index (κ1) is 19.7. The lowest BCUT2D eigenvalue weighted by molar-refractivity contribution is -0.137. The molecule has 0 aliphatic rings. The van der Waals surface area contributed by atoms with E-state index in [-0.39, 0.29) is 12.3 Å². The molecule has 1 amide bonds. The predicted molar refractivity (Wildman–Crippen MR) is 100 cm³/mol. The SMILES string of the molecule is Cc1nn(-c2cccc(C(F)(F)F)c2)c(C)c1CC(=O)NCc1ccccc1. The third kappa shape index (κ3) is 4.42. The maximum atomic E-state index is 13.0. The van der Waals surface area contributed by atoms with Crippen molar-refractivity contribution in [1.29, 1.82) is 0 Å². The van der Waals surface area contributed by atoms with E-state index in [0.29, 0.717) is 29.2 Å². The largest absolute Gasteiger partial charge is 0.416 e. The first-order valence-corrected chi connectivity index (χ1v) is 8.79. The van der Waals surface area contributed by atoms with E-state index < -0.39 is 11.7 Å². The summed E-state index contributed by atoms with van der Waals surface area (Å²) in [4.78, 5) is 12.3. The van der Waals surface area contributed by atoms with Crippen LogP contribution in [-0.2, 0) is 23.9 Å². The molecule has 2 aromatic carbocycles. The Kier molecular flexibility index (Phi) is 5.53. The van der Waals surface area contributed by atoms with Gasteiger partial charge in [-0.1, -0.05) is 36.4 Å². The Balaban J connectivity index is 1.78. The van der Waals surface area contributed by atoms with Gasteiger partial charge in [0.25, 0.3) is 0 Å². The number of nitrogens with one attached hydrogen (secondary N) is 1. The number of aromatic nitrogens is 2. The Morgan fingerprint density at radius 1 is 1.07 bits per heavy atom. The highest BCUT2D eigenvalue weighted by Crippen LogP contribution is 2.30. The minimum absolute atomic E-state index is 0.115. The van der Waals surface area contributed by atoms with Gasteiger partial charge >= 0.3 is 6.18 Å². The number of amides is 1. The van der Waals surface area contributed by atoms with Crippen LogP contribution in [0.5, 0.6) is 0 Å². The van der Waals surface area contributed by atoms with E-state index in [9.17, 15) is 18.0 Å². The monoisotopic (exact) mass is 387 g/mol. The highest BCUT2D eigenvalue weighted by Gasteiger charge is 2.30. The lowest BCUT2D eigenvalue weighted by atomic mass is 10.1. The van der Waals surface area contributed by atoms with Gasteiger partial charge in [0, 0.05) is 17.8 Å². The summed E-state index contributed by atoms with van der Waals surface area (Å²) in [5, 5.41) is 7.20. The smallest absolute Gasteiger partial charge is 0.352 e. The van der Waals surface area contributed by atoms with Crippen molar-refractivity contribution in [3.8, 4) is 5.69 Å². The fourth-order valence-corrected chi connectivity index (χ4v) is 3.02. The van der Waals surface area contributed by atoms with Crippen LogP contribution in [0.4, 0.5) is 13.2 Å². The summed E-state index contributed by atoms with van der Waals surface area (Å²) < 4.78 is 40.4. The van der Waals surface area contributed by atoms with Crippen molar-refractivity contribution in [2.75, 3.05) is 0 Å². The highest BCUT2D eigenvalue weighted by atomic mass is 19.4. The number of aryl methyl sites for hydroxylation is 1. The summed E-state index contributed by atoms with van der Waals surface area (Å²) in [6, 6.07) is 14.5. The number of carbonyl (C=O) groups is 1. The minimum atomic E-state index is -4.42. The molecule has 0 aliphatic heterocycles. The number of hydrogen-bond donors (Lipinski definition) is 1. The second-order valence-electron chi connectivity index (χ2n) is 6.55. The number of hydrogen-bond acceptors (Lipinski definition) is 2. The zero-order valence-corrected chi connectivity index (χ0v) is 15.5. The van der Waals surface area contributed by atoms with Gasteiger partial charge in [-0.15, -0.1) is 0 Å². The molecule has 3 rings (SSSR count). The zero-order valence-electron chi connectivity index (χ0n) is 15.5. The maximum absolute atomic E-state index is 13.0. The van der Waals surface area contributed by atoms with Crippen molar-refractivity contribution >= 4 is 5.91 Å². The van der Waals surface area contributed by atoms with Crippen molar-refractivity contribution in [1.82, 2.24) is 15.1 Å². The number of benzene rings is 2. The Bertz CT molecular complexity index is 978. The summed E-state index contributed by atoms with van der Waals surface area (Å²) in [7, 11) is 0. The quantitative estimate of drug-likeness (QED) is 0.707. The molecule has 146 valence electrons. The van der Waals surface area contributed by atoms with E-state index in [4.69, 9.17) is 0 Å². The number of carbonyl (C=O) groups excluding carboxylic acids is 1. The first-order valence-electron chi connectivity index (χ1n) is 8.79. The molecule has 0 unspecified atom stereocenters. The van der Waals surface area contributed by atoms with Crippen LogP contribution in [-0.4, -0.2) is 15.7 Å². The van der Waals surface area contributed by atoms with Crippen LogP contribution in [0.1, 0.15) is 28.1 Å². The van der Waals surface area contributed by atoms with E-state index in [1.165, 1.54) is 10.7 Å². The van der Waals surface area contributed by atoms with Gasteiger partial charge < -0.3 is 5.32 Å². The molecule has 0 saturated heterocycles. The van der Waals surface area contributed by atoms with Crippen LogP contribution in [0.3, 0.4) is 0 Å². The van der Waals surface area contributed by atoms with Crippen LogP contribution in [0.2, 0.25) is 0 Å². The molecular weight excluding hydrogens is 367 g/mol. The van der Waals surface area contributed by atoms with Gasteiger partial charge in [-0.05, 0) is 37.6 Å². The normalized spacial score (nSPS) is 11.5. The van der Waals surface area contributed by atoms with Crippen molar-refractivity contribution in [2.24, 2.45) is 0 Å². The van der Waals surface area contributed by atoms with Crippen LogP contribution in [0.25, 0.3) is 5.69 Å². The van der Waals surface area contributed by atoms with E-state index >= 15 is 0 Å². The molecule has 7 heteroatoms. The van der Waals surface area contributed by atoms with Crippen LogP contribution in [0, 0.1) is 13.8 Å². The summed E-state index contributed by atoms with van der Waals surface area (Å²) in [5.41, 5.74) is 2.54. The van der Waals surface area contributed by atoms with Crippen molar-refractivity contribution < 1.29 is 18.0 Å². The van der Waals surface area contributed by atoms with E-state index in [1.807, 2.05) is 30.3 Å². The molecule has 0 saturated carbocycles. The van der Waals surface area contributed by atoms with E-state index in [2.05, 4.69) is 10.4 Å². The lowest BCUT2D eigenvalue weighted by Crippen LogP contribution is -2.25. The third-order valence-corrected chi connectivity index (χ3v) is 4.53. The Morgan fingerprint density at radius 3 is 2.46 bits per heavy atom. The van der Waals surface area contributed by atoms with Crippen molar-refractivity contribution in [3.05, 3.63) is 82.7 Å². The van der Waals surface area contributed by atoms with Crippen LogP contribution >= 0.6 is 0 Å². The summed E-state index contributed by atoms with van der Waals surface area (Å²) in [6.45, 7) is 3.91. The van der Waals surface area contributed by atoms with Crippen molar-refractivity contribution in [2.45, 2.75) is 33.0 Å². The second kappa shape index (κ2) is 7.88. The number of nitrogens with zero attached hydrogens (tertiary/aromatic N) is 2. The standard InChI is InChI=1S/C21H20F3N3O/c1-14-19(12-20(28)25-13-16-7-4-3-5-8-16)15(2)27(26-14)18-10-6-9-17(11-18)21(22,23)24/h3-11H,12-13H2,1-2H3,(H,25,28). The number of rotatable bonds is 5. The molecular formula is C21H20F3N3O. The highest BCUT2D eigenvalue weighted by molar-refractivity contribution is 5.79. The maximum Gasteiger partial charge on any atom is 0.416 e. The molecule has 0 radical (unpaired) electrons. The second-order valence-corrected chi connectivity index (χ2v) is 6.55. The molecule has 28 heavy (non-hydrogen) atoms. The van der Waals surface area contributed by atoms with Crippen LogP contribution in [0.15, 0.2) is 54.6 Å². The van der Waals surface area contributed by atoms with Gasteiger partial charge in [-0.25, -0.2) is 4.68 Å². The van der Waals surface area contributed by atoms with Crippen LogP contribution < -0.4 is 5.32 Å². The summed E-state index contributed by atoms with van der Waals surface area (Å²) in [5.74, 6) is -0.168. The Hall–Kier alpha value is -3.09. The molecule has 4 nitrogen and oxygen atoms in total. The van der Waals surface area contributed by atoms with Crippen molar-refractivity contribution in [3.63, 3.8) is 0 Å². The molecule has 0 aliphatic carbocycles. The molecule has 0 fully saturated rings. The summed E-state index contributed by atoms with van der Waals surface area (Å²) in [6.07, 6.45) is -4.31. The predicted octanol–water partition coefficient (Wildman–Crippen LogP) is 4.37. The van der Waals surface area contributed by atoms with E-state index in [1.54, 1.807) is 19.9 Å². The fourth-order valence-electron chi connectivity index (χ4n) is 3.02. The fraction of sp³-hybridized carbons (Fsp3) is 0.238. The van der Waals surface area contributed by atoms with E-state index in [0.717, 1.165) is 17.7 Å². The molecule has 0 atom stereocenters. The van der Waals surface area contributed by atoms with Gasteiger partial charge in [0.1, 0.15) is 0 Å². The van der Waals surface area contributed by atoms with Gasteiger partial charge in [-0.2, -0.15) is 18.3 Å². The molecule has 1 N–H and O–H groups in total. The molecule has 3 aromatic rings. The van der Waals surface area contributed by atoms with Gasteiger partial charge in [0.2, 0.25) is 5.91 Å². The number of alkyl halides is 3. The lowest BCUT2D eigenvalue weighted by Gasteiger charge is -2.10. The van der Waals surface area contributed by atoms with Gasteiger partial charge in [0.05, 0.1) is 23.4 Å². The molecule has 0 bridgehead atoms. The molecule has 0 spiro atoms. The molecule has 1 aromatic heterocycles. The third-order valence-electron chi connectivity index (χ3n) is 4.53. The molecule has 1 heterocycles. The topological polar surface area (TPSA) is 46.9 Å². The van der Waals surface area contributed by atoms with Gasteiger partial charge in [0.15, 0.2) is 0 Å². The van der Waals surface area contributed by atoms with Gasteiger partial charge in [-0.3, -0.25) is 4.79 Å². The average molecular weight is 387 g/mol. The minimum Gasteiger partial charge on any atom is -0.352 e. The Morgan fingerprint density at radius 2 is 1.79 bits per heavy atom. The summed E-state index contributed by atoms with van der Waals surface area (Å²) >= 11 is 0. The number of halogens is 3. The first-order chi connectivity index (χ1) is 13.3. The average Bonchev–Trinajstić information content (AvgIpc) is 2.95. The zero-order chi connectivity index (χ0) is 20.3. The Labute approximate surface area is 161 Å².